The fourth-order valence-electron chi connectivity index (χ4n) is 4.11. The van der Waals surface area contributed by atoms with Crippen LogP contribution in [0.1, 0.15) is 13.3 Å². The van der Waals surface area contributed by atoms with Crippen LogP contribution in [0.3, 0.4) is 0 Å². The van der Waals surface area contributed by atoms with Crippen molar-refractivity contribution in [1.82, 2.24) is 14.9 Å². The van der Waals surface area contributed by atoms with Crippen LogP contribution >= 0.6 is 11.3 Å². The molecule has 0 N–H and O–H groups in total. The molecule has 6 nitrogen and oxygen atoms in total. The van der Waals surface area contributed by atoms with E-state index in [-0.39, 0.29) is 5.91 Å². The number of nitrogens with zero attached hydrogens (tertiary/aromatic N) is 5. The lowest BCUT2D eigenvalue weighted by atomic mass is 10.2. The Hall–Kier alpha value is -2.51. The molecule has 2 aliphatic rings. The normalized spacial score (nSPS) is 20.8. The number of hydrogen-bond acceptors (Lipinski definition) is 6. The van der Waals surface area contributed by atoms with Gasteiger partial charge in [-0.1, -0.05) is 6.92 Å². The van der Waals surface area contributed by atoms with Gasteiger partial charge in [-0.15, -0.1) is 11.3 Å². The van der Waals surface area contributed by atoms with Gasteiger partial charge in [0.2, 0.25) is 5.91 Å². The molecule has 0 spiro atoms. The number of carbonyl (C=O) groups excluding carboxylic acids is 1. The first-order valence-corrected chi connectivity index (χ1v) is 11.0. The van der Waals surface area contributed by atoms with E-state index in [1.165, 1.54) is 6.42 Å². The van der Waals surface area contributed by atoms with Crippen molar-refractivity contribution in [3.63, 3.8) is 0 Å². The van der Waals surface area contributed by atoms with Gasteiger partial charge in [-0.2, -0.15) is 0 Å². The Labute approximate surface area is 174 Å². The number of piperazine rings is 1. The van der Waals surface area contributed by atoms with Crippen LogP contribution in [0.5, 0.6) is 0 Å². The van der Waals surface area contributed by atoms with E-state index in [1.54, 1.807) is 11.3 Å². The second-order valence-electron chi connectivity index (χ2n) is 8.20. The van der Waals surface area contributed by atoms with Crippen LogP contribution in [0.2, 0.25) is 0 Å². The maximum atomic E-state index is 12.4. The van der Waals surface area contributed by atoms with Crippen molar-refractivity contribution < 1.29 is 4.79 Å². The predicted molar refractivity (Wildman–Crippen MR) is 119 cm³/mol. The van der Waals surface area contributed by atoms with Crippen LogP contribution in [0, 0.1) is 5.92 Å². The molecule has 0 radical (unpaired) electrons. The summed E-state index contributed by atoms with van der Waals surface area (Å²) in [6, 6.07) is 10.3. The molecule has 1 unspecified atom stereocenters. The van der Waals surface area contributed by atoms with Crippen molar-refractivity contribution in [2.24, 2.45) is 5.92 Å². The Morgan fingerprint density at radius 3 is 2.76 bits per heavy atom. The SMILES string of the molecule is CC1CCN(c2ccc(-c3nc4ccc(N5CCN(C)CC5=O)cc4s3)cn2)C1. The highest BCUT2D eigenvalue weighted by atomic mass is 32.1. The first kappa shape index (κ1) is 18.5. The third-order valence-corrected chi connectivity index (χ3v) is 6.91. The van der Waals surface area contributed by atoms with Gasteiger partial charge in [0, 0.05) is 43.6 Å². The fourth-order valence-corrected chi connectivity index (χ4v) is 5.10. The molecule has 2 aromatic heterocycles. The van der Waals surface area contributed by atoms with Crippen molar-refractivity contribution in [1.29, 1.82) is 0 Å². The number of likely N-dealkylation sites (N-methyl/N-ethyl adjacent to an activating group) is 1. The van der Waals surface area contributed by atoms with Gasteiger partial charge in [-0.05, 0) is 49.7 Å². The van der Waals surface area contributed by atoms with Crippen LogP contribution < -0.4 is 9.80 Å². The summed E-state index contributed by atoms with van der Waals surface area (Å²) in [5, 5.41) is 0.968. The van der Waals surface area contributed by atoms with Crippen molar-refractivity contribution in [2.45, 2.75) is 13.3 Å². The number of aromatic nitrogens is 2. The number of thiazole rings is 1. The van der Waals surface area contributed by atoms with Crippen LogP contribution in [-0.2, 0) is 4.79 Å². The lowest BCUT2D eigenvalue weighted by molar-refractivity contribution is -0.120. The summed E-state index contributed by atoms with van der Waals surface area (Å²) in [5.41, 5.74) is 2.97. The standard InChI is InChI=1S/C22H25N5OS/c1-15-7-8-26(13-15)20-6-3-16(12-23-20)22-24-18-5-4-17(11-19(18)29-22)27-10-9-25(2)14-21(27)28/h3-6,11-12,15H,7-10,13-14H2,1-2H3. The number of anilines is 2. The molecular formula is C22H25N5OS. The van der Waals surface area contributed by atoms with Crippen LogP contribution in [0.25, 0.3) is 20.8 Å². The Balaban J connectivity index is 1.39. The average Bonchev–Trinajstić information content (AvgIpc) is 3.34. The minimum Gasteiger partial charge on any atom is -0.356 e. The molecule has 1 amide bonds. The van der Waals surface area contributed by atoms with E-state index in [4.69, 9.17) is 4.98 Å². The second-order valence-corrected chi connectivity index (χ2v) is 9.23. The van der Waals surface area contributed by atoms with Crippen LogP contribution in [-0.4, -0.2) is 60.5 Å². The van der Waals surface area contributed by atoms with Gasteiger partial charge in [0.15, 0.2) is 0 Å². The van der Waals surface area contributed by atoms with Crippen molar-refractivity contribution in [3.8, 4) is 10.6 Å². The molecule has 5 rings (SSSR count). The van der Waals surface area contributed by atoms with Gasteiger partial charge in [-0.3, -0.25) is 9.69 Å². The first-order valence-electron chi connectivity index (χ1n) is 10.2. The average molecular weight is 408 g/mol. The topological polar surface area (TPSA) is 52.6 Å². The highest BCUT2D eigenvalue weighted by molar-refractivity contribution is 7.21. The van der Waals surface area contributed by atoms with Crippen LogP contribution in [0.15, 0.2) is 36.5 Å². The number of pyridine rings is 1. The van der Waals surface area contributed by atoms with Gasteiger partial charge < -0.3 is 9.80 Å². The summed E-state index contributed by atoms with van der Waals surface area (Å²) in [4.78, 5) is 28.2. The van der Waals surface area contributed by atoms with Gasteiger partial charge in [-0.25, -0.2) is 9.97 Å². The van der Waals surface area contributed by atoms with E-state index >= 15 is 0 Å². The maximum Gasteiger partial charge on any atom is 0.241 e. The van der Waals surface area contributed by atoms with Crippen molar-refractivity contribution >= 4 is 39.0 Å². The summed E-state index contributed by atoms with van der Waals surface area (Å²) in [6.45, 7) is 6.56. The predicted octanol–water partition coefficient (Wildman–Crippen LogP) is 3.48. The Morgan fingerprint density at radius 1 is 1.14 bits per heavy atom. The van der Waals surface area contributed by atoms with Gasteiger partial charge in [0.05, 0.1) is 16.8 Å². The van der Waals surface area contributed by atoms with Crippen molar-refractivity contribution in [3.05, 3.63) is 36.5 Å². The van der Waals surface area contributed by atoms with Gasteiger partial charge in [0.1, 0.15) is 10.8 Å². The highest BCUT2D eigenvalue weighted by Crippen LogP contribution is 2.33. The largest absolute Gasteiger partial charge is 0.356 e. The van der Waals surface area contributed by atoms with Gasteiger partial charge >= 0.3 is 0 Å². The zero-order valence-electron chi connectivity index (χ0n) is 16.8. The number of hydrogen-bond donors (Lipinski definition) is 0. The highest BCUT2D eigenvalue weighted by Gasteiger charge is 2.23. The molecule has 3 aromatic rings. The maximum absolute atomic E-state index is 12.4. The summed E-state index contributed by atoms with van der Waals surface area (Å²) in [7, 11) is 1.98. The monoisotopic (exact) mass is 407 g/mol. The number of fused-ring (bicyclic) bond motifs is 1. The molecule has 2 saturated heterocycles. The van der Waals surface area contributed by atoms with E-state index in [1.807, 2.05) is 30.3 Å². The number of rotatable bonds is 3. The van der Waals surface area contributed by atoms with E-state index in [0.717, 1.165) is 64.4 Å². The van der Waals surface area contributed by atoms with E-state index in [2.05, 4.69) is 39.9 Å². The number of carbonyl (C=O) groups is 1. The van der Waals surface area contributed by atoms with E-state index in [9.17, 15) is 4.79 Å². The van der Waals surface area contributed by atoms with E-state index in [0.29, 0.717) is 6.54 Å². The fraction of sp³-hybridized carbons (Fsp3) is 0.409. The third kappa shape index (κ3) is 3.60. The van der Waals surface area contributed by atoms with E-state index < -0.39 is 0 Å². The number of benzene rings is 1. The molecule has 1 aromatic carbocycles. The molecule has 0 bridgehead atoms. The molecule has 0 aliphatic carbocycles. The Bertz CT molecular complexity index is 1050. The summed E-state index contributed by atoms with van der Waals surface area (Å²) in [5.74, 6) is 1.94. The molecule has 1 atom stereocenters. The zero-order valence-corrected chi connectivity index (χ0v) is 17.7. The molecule has 29 heavy (non-hydrogen) atoms. The second kappa shape index (κ2) is 7.39. The molecule has 2 aliphatic heterocycles. The van der Waals surface area contributed by atoms with Crippen LogP contribution in [0.4, 0.5) is 11.5 Å². The molecule has 150 valence electrons. The lowest BCUT2D eigenvalue weighted by Gasteiger charge is -2.32. The smallest absolute Gasteiger partial charge is 0.241 e. The summed E-state index contributed by atoms with van der Waals surface area (Å²) in [6.07, 6.45) is 3.17. The Morgan fingerprint density at radius 2 is 2.03 bits per heavy atom. The summed E-state index contributed by atoms with van der Waals surface area (Å²) < 4.78 is 1.10. The zero-order chi connectivity index (χ0) is 20.0. The lowest BCUT2D eigenvalue weighted by Crippen LogP contribution is -2.48. The minimum absolute atomic E-state index is 0.152. The third-order valence-electron chi connectivity index (χ3n) is 5.84. The van der Waals surface area contributed by atoms with Gasteiger partial charge in [0.25, 0.3) is 0 Å². The molecule has 7 heteroatoms. The minimum atomic E-state index is 0.152. The quantitative estimate of drug-likeness (QED) is 0.665. The molecule has 4 heterocycles. The Kier molecular flexibility index (Phi) is 4.72. The first-order chi connectivity index (χ1) is 14.1. The molecule has 0 saturated carbocycles. The number of amides is 1. The van der Waals surface area contributed by atoms with Crippen molar-refractivity contribution in [2.75, 3.05) is 49.6 Å². The summed E-state index contributed by atoms with van der Waals surface area (Å²) >= 11 is 1.66. The molecule has 2 fully saturated rings. The molecular weight excluding hydrogens is 382 g/mol.